The number of amides is 1. The van der Waals surface area contributed by atoms with Crippen molar-refractivity contribution in [3.05, 3.63) is 23.1 Å². The highest BCUT2D eigenvalue weighted by atomic mass is 35.5. The van der Waals surface area contributed by atoms with Crippen LogP contribution >= 0.6 is 23.2 Å². The molecule has 1 rings (SSSR count). The lowest BCUT2D eigenvalue weighted by Crippen LogP contribution is -2.25. The molecule has 0 aliphatic heterocycles. The summed E-state index contributed by atoms with van der Waals surface area (Å²) in [6.45, 7) is 2.55. The summed E-state index contributed by atoms with van der Waals surface area (Å²) in [5, 5.41) is 2.94. The van der Waals surface area contributed by atoms with Gasteiger partial charge in [-0.15, -0.1) is 11.6 Å². The van der Waals surface area contributed by atoms with Crippen molar-refractivity contribution in [2.24, 2.45) is 0 Å². The lowest BCUT2D eigenvalue weighted by molar-refractivity contribution is 0.0952. The van der Waals surface area contributed by atoms with Gasteiger partial charge in [-0.25, -0.2) is 0 Å². The number of furan rings is 1. The normalized spacial score (nSPS) is 12.5. The zero-order valence-electron chi connectivity index (χ0n) is 8.43. The molecule has 1 unspecified atom stereocenters. The Kier molecular flexibility index (Phi) is 4.99. The van der Waals surface area contributed by atoms with E-state index in [1.807, 2.05) is 6.92 Å². The van der Waals surface area contributed by atoms with Crippen LogP contribution in [0.3, 0.4) is 0 Å². The zero-order valence-corrected chi connectivity index (χ0v) is 9.94. The Balaban J connectivity index is 2.34. The molecule has 0 saturated carbocycles. The fraction of sp³-hybridized carbons (Fsp3) is 0.500. The first-order valence-electron chi connectivity index (χ1n) is 4.80. The molecule has 1 atom stereocenters. The van der Waals surface area contributed by atoms with Crippen molar-refractivity contribution in [1.29, 1.82) is 0 Å². The van der Waals surface area contributed by atoms with Crippen LogP contribution in [0.15, 0.2) is 16.7 Å². The molecular weight excluding hydrogens is 237 g/mol. The first-order chi connectivity index (χ1) is 7.15. The molecule has 0 spiro atoms. The van der Waals surface area contributed by atoms with Gasteiger partial charge >= 0.3 is 0 Å². The molecule has 5 heteroatoms. The van der Waals surface area contributed by atoms with Gasteiger partial charge in [0.2, 0.25) is 5.22 Å². The topological polar surface area (TPSA) is 42.2 Å². The maximum atomic E-state index is 11.5. The Hall–Kier alpha value is -0.670. The molecular formula is C10H13Cl2NO2. The van der Waals surface area contributed by atoms with Gasteiger partial charge in [0.25, 0.3) is 5.91 Å². The molecule has 0 aromatic carbocycles. The van der Waals surface area contributed by atoms with E-state index in [1.165, 1.54) is 12.3 Å². The molecule has 0 fully saturated rings. The fourth-order valence-corrected chi connectivity index (χ4v) is 1.41. The first-order valence-corrected chi connectivity index (χ1v) is 5.61. The van der Waals surface area contributed by atoms with Crippen LogP contribution in [0.25, 0.3) is 0 Å². The fourth-order valence-electron chi connectivity index (χ4n) is 1.10. The van der Waals surface area contributed by atoms with Gasteiger partial charge in [-0.1, -0.05) is 6.92 Å². The van der Waals surface area contributed by atoms with E-state index in [9.17, 15) is 4.79 Å². The lowest BCUT2D eigenvalue weighted by atomic mass is 10.2. The third-order valence-corrected chi connectivity index (χ3v) is 2.87. The van der Waals surface area contributed by atoms with Crippen LogP contribution < -0.4 is 5.32 Å². The van der Waals surface area contributed by atoms with Crippen molar-refractivity contribution >= 4 is 29.1 Å². The summed E-state index contributed by atoms with van der Waals surface area (Å²) in [7, 11) is 0. The summed E-state index contributed by atoms with van der Waals surface area (Å²) >= 11 is 11.6. The molecule has 1 amide bonds. The third-order valence-electron chi connectivity index (χ3n) is 2.05. The van der Waals surface area contributed by atoms with Gasteiger partial charge in [-0.2, -0.15) is 0 Å². The lowest BCUT2D eigenvalue weighted by Gasteiger charge is -2.06. The summed E-state index contributed by atoms with van der Waals surface area (Å²) in [5.74, 6) is -0.228. The van der Waals surface area contributed by atoms with Crippen LogP contribution in [0.1, 0.15) is 30.1 Å². The number of carbonyl (C=O) groups excluding carboxylic acids is 1. The van der Waals surface area contributed by atoms with E-state index < -0.39 is 0 Å². The van der Waals surface area contributed by atoms with Crippen LogP contribution in [0.5, 0.6) is 0 Å². The molecule has 1 heterocycles. The molecule has 0 aliphatic carbocycles. The highest BCUT2D eigenvalue weighted by molar-refractivity contribution is 6.32. The van der Waals surface area contributed by atoms with Crippen LogP contribution in [0.4, 0.5) is 0 Å². The van der Waals surface area contributed by atoms with E-state index in [-0.39, 0.29) is 16.5 Å². The summed E-state index contributed by atoms with van der Waals surface area (Å²) in [5.41, 5.74) is 0.360. The Bertz CT molecular complexity index is 325. The Morgan fingerprint density at radius 1 is 1.67 bits per heavy atom. The molecule has 15 heavy (non-hydrogen) atoms. The number of nitrogens with one attached hydrogen (secondary N) is 1. The Morgan fingerprint density at radius 3 is 2.93 bits per heavy atom. The van der Waals surface area contributed by atoms with Crippen molar-refractivity contribution in [3.8, 4) is 0 Å². The van der Waals surface area contributed by atoms with Crippen molar-refractivity contribution in [2.45, 2.75) is 25.1 Å². The van der Waals surface area contributed by atoms with Gasteiger partial charge in [0.1, 0.15) is 0 Å². The van der Waals surface area contributed by atoms with Crippen LogP contribution in [-0.4, -0.2) is 17.8 Å². The number of halogens is 2. The predicted molar refractivity (Wildman–Crippen MR) is 60.6 cm³/mol. The van der Waals surface area contributed by atoms with Gasteiger partial charge < -0.3 is 9.73 Å². The smallest absolute Gasteiger partial charge is 0.256 e. The summed E-state index contributed by atoms with van der Waals surface area (Å²) in [6.07, 6.45) is 3.02. The molecule has 1 aromatic rings. The molecule has 3 nitrogen and oxygen atoms in total. The summed E-state index contributed by atoms with van der Waals surface area (Å²) in [6, 6.07) is 1.54. The molecule has 0 aliphatic rings. The minimum absolute atomic E-state index is 0.102. The van der Waals surface area contributed by atoms with E-state index in [4.69, 9.17) is 27.6 Å². The average Bonchev–Trinajstić information content (AvgIpc) is 2.64. The molecule has 1 N–H and O–H groups in total. The molecule has 1 aromatic heterocycles. The number of rotatable bonds is 5. The second-order valence-electron chi connectivity index (χ2n) is 3.16. The van der Waals surface area contributed by atoms with Crippen molar-refractivity contribution in [1.82, 2.24) is 5.32 Å². The number of alkyl halides is 1. The van der Waals surface area contributed by atoms with Crippen molar-refractivity contribution in [2.75, 3.05) is 6.54 Å². The second kappa shape index (κ2) is 6.03. The highest BCUT2D eigenvalue weighted by Crippen LogP contribution is 2.16. The predicted octanol–water partition coefficient (Wildman–Crippen LogP) is 3.07. The van der Waals surface area contributed by atoms with Crippen LogP contribution in [0.2, 0.25) is 5.22 Å². The molecule has 84 valence electrons. The maximum Gasteiger partial charge on any atom is 0.256 e. The summed E-state index contributed by atoms with van der Waals surface area (Å²) in [4.78, 5) is 11.5. The zero-order chi connectivity index (χ0) is 11.3. The maximum absolute atomic E-state index is 11.5. The average molecular weight is 250 g/mol. The SMILES string of the molecule is CCC(Cl)CCNC(=O)c1ccoc1Cl. The highest BCUT2D eigenvalue weighted by Gasteiger charge is 2.12. The van der Waals surface area contributed by atoms with E-state index in [1.54, 1.807) is 0 Å². The first kappa shape index (κ1) is 12.4. The van der Waals surface area contributed by atoms with Gasteiger partial charge in [-0.3, -0.25) is 4.79 Å². The van der Waals surface area contributed by atoms with Gasteiger partial charge in [0.15, 0.2) is 0 Å². The minimum Gasteiger partial charge on any atom is -0.452 e. The van der Waals surface area contributed by atoms with Crippen molar-refractivity contribution in [3.63, 3.8) is 0 Å². The second-order valence-corrected chi connectivity index (χ2v) is 4.12. The van der Waals surface area contributed by atoms with Crippen molar-refractivity contribution < 1.29 is 9.21 Å². The monoisotopic (exact) mass is 249 g/mol. The molecule has 0 saturated heterocycles. The Morgan fingerprint density at radius 2 is 2.40 bits per heavy atom. The standard InChI is InChI=1S/C10H13Cl2NO2/c1-2-7(11)3-5-13-10(14)8-4-6-15-9(8)12/h4,6-7H,2-3,5H2,1H3,(H,13,14). The van der Waals surface area contributed by atoms with E-state index in [0.717, 1.165) is 12.8 Å². The summed E-state index contributed by atoms with van der Waals surface area (Å²) < 4.78 is 4.81. The largest absolute Gasteiger partial charge is 0.452 e. The third kappa shape index (κ3) is 3.76. The van der Waals surface area contributed by atoms with Crippen LogP contribution in [-0.2, 0) is 0 Å². The van der Waals surface area contributed by atoms with Gasteiger partial charge in [0, 0.05) is 11.9 Å². The number of carbonyl (C=O) groups is 1. The van der Waals surface area contributed by atoms with E-state index in [0.29, 0.717) is 12.1 Å². The Labute approximate surface area is 98.7 Å². The van der Waals surface area contributed by atoms with E-state index >= 15 is 0 Å². The minimum atomic E-state index is -0.228. The van der Waals surface area contributed by atoms with Gasteiger partial charge in [-0.05, 0) is 30.5 Å². The number of hydrogen-bond donors (Lipinski definition) is 1. The van der Waals surface area contributed by atoms with Gasteiger partial charge in [0.05, 0.1) is 11.8 Å². The molecule has 0 bridgehead atoms. The number of hydrogen-bond acceptors (Lipinski definition) is 2. The van der Waals surface area contributed by atoms with E-state index in [2.05, 4.69) is 5.32 Å². The molecule has 0 radical (unpaired) electrons. The quantitative estimate of drug-likeness (QED) is 0.816. The van der Waals surface area contributed by atoms with Crippen LogP contribution in [0, 0.1) is 0 Å².